The summed E-state index contributed by atoms with van der Waals surface area (Å²) in [5.74, 6) is -1.24. The van der Waals surface area contributed by atoms with E-state index in [9.17, 15) is 19.5 Å². The van der Waals surface area contributed by atoms with Gasteiger partial charge in [-0.15, -0.1) is 0 Å². The molecule has 2 rings (SSSR count). The van der Waals surface area contributed by atoms with Crippen LogP contribution in [0.2, 0.25) is 0 Å². The number of aliphatic carboxylic acids is 1. The van der Waals surface area contributed by atoms with Crippen LogP contribution in [0.5, 0.6) is 0 Å². The largest absolute Gasteiger partial charge is 0.480 e. The highest BCUT2D eigenvalue weighted by Gasteiger charge is 2.25. The molecule has 1 aromatic heterocycles. The number of carbonyl (C=O) groups is 3. The van der Waals surface area contributed by atoms with Gasteiger partial charge in [-0.25, -0.2) is 23.9 Å². The van der Waals surface area contributed by atoms with Gasteiger partial charge in [0.25, 0.3) is 0 Å². The van der Waals surface area contributed by atoms with Gasteiger partial charge in [-0.2, -0.15) is 0 Å². The summed E-state index contributed by atoms with van der Waals surface area (Å²) < 4.78 is 11.4. The number of hydrogen-bond donors (Lipinski definition) is 2. The van der Waals surface area contributed by atoms with Gasteiger partial charge < -0.3 is 19.9 Å². The third-order valence-electron chi connectivity index (χ3n) is 3.45. The maximum absolute atomic E-state index is 12.1. The Morgan fingerprint density at radius 2 is 1.89 bits per heavy atom. The number of benzene rings is 1. The molecular weight excluding hydrogens is 366 g/mol. The van der Waals surface area contributed by atoms with E-state index < -0.39 is 29.8 Å². The Kier molecular flexibility index (Phi) is 6.75. The van der Waals surface area contributed by atoms with Crippen LogP contribution in [-0.2, 0) is 27.3 Å². The predicted molar refractivity (Wildman–Crippen MR) is 98.7 cm³/mol. The van der Waals surface area contributed by atoms with Crippen LogP contribution in [0.1, 0.15) is 32.0 Å². The number of carbonyl (C=O) groups excluding carboxylic acids is 2. The van der Waals surface area contributed by atoms with E-state index in [1.165, 1.54) is 12.5 Å². The number of nitrogens with zero attached hydrogens (tertiary/aromatic N) is 2. The lowest BCUT2D eigenvalue weighted by atomic mass is 10.1. The fraction of sp³-hybridized carbons (Fsp3) is 0.368. The van der Waals surface area contributed by atoms with Gasteiger partial charge in [-0.3, -0.25) is 0 Å². The standard InChI is InChI=1S/C19H23N3O6/c1-19(2,3)28-17(25)21-15(16(23)24)9-14-10-22(12-20-14)18(26)27-11-13-7-5-4-6-8-13/h4-8,10,12,15H,9,11H2,1-3H3,(H,21,25)(H,23,24)/t15-/m0/s1. The van der Waals surface area contributed by atoms with Gasteiger partial charge in [-0.1, -0.05) is 30.3 Å². The van der Waals surface area contributed by atoms with Gasteiger partial charge in [0.1, 0.15) is 24.6 Å². The summed E-state index contributed by atoms with van der Waals surface area (Å²) in [4.78, 5) is 39.3. The van der Waals surface area contributed by atoms with Crippen LogP contribution in [0.3, 0.4) is 0 Å². The Morgan fingerprint density at radius 1 is 1.21 bits per heavy atom. The maximum Gasteiger partial charge on any atom is 0.419 e. The summed E-state index contributed by atoms with van der Waals surface area (Å²) in [6.07, 6.45) is 0.985. The lowest BCUT2D eigenvalue weighted by Crippen LogP contribution is -2.44. The van der Waals surface area contributed by atoms with E-state index in [1.54, 1.807) is 20.8 Å². The number of imidazole rings is 1. The van der Waals surface area contributed by atoms with Crippen LogP contribution in [0, 0.1) is 0 Å². The SMILES string of the molecule is CC(C)(C)OC(=O)N[C@@H](Cc1cn(C(=O)OCc2ccccc2)cn1)C(=O)O. The van der Waals surface area contributed by atoms with E-state index in [0.29, 0.717) is 5.69 Å². The Bertz CT molecular complexity index is 826. The lowest BCUT2D eigenvalue weighted by molar-refractivity contribution is -0.139. The predicted octanol–water partition coefficient (Wildman–Crippen LogP) is 2.59. The van der Waals surface area contributed by atoms with E-state index in [0.717, 1.165) is 10.1 Å². The lowest BCUT2D eigenvalue weighted by Gasteiger charge is -2.21. The normalized spacial score (nSPS) is 12.1. The van der Waals surface area contributed by atoms with Gasteiger partial charge in [0, 0.05) is 12.6 Å². The first-order chi connectivity index (χ1) is 13.1. The second kappa shape index (κ2) is 9.03. The van der Waals surface area contributed by atoms with E-state index in [2.05, 4.69) is 10.3 Å². The van der Waals surface area contributed by atoms with Crippen molar-refractivity contribution in [3.05, 3.63) is 54.1 Å². The van der Waals surface area contributed by atoms with Crippen molar-refractivity contribution >= 4 is 18.2 Å². The van der Waals surface area contributed by atoms with Crippen LogP contribution in [-0.4, -0.2) is 44.5 Å². The van der Waals surface area contributed by atoms with E-state index in [1.807, 2.05) is 30.3 Å². The molecule has 0 saturated carbocycles. The molecule has 1 heterocycles. The number of alkyl carbamates (subject to hydrolysis) is 1. The molecule has 150 valence electrons. The number of nitrogens with one attached hydrogen (secondary N) is 1. The Labute approximate surface area is 162 Å². The summed E-state index contributed by atoms with van der Waals surface area (Å²) in [6, 6.07) is 7.93. The third-order valence-corrected chi connectivity index (χ3v) is 3.45. The molecule has 9 heteroatoms. The average molecular weight is 389 g/mol. The fourth-order valence-corrected chi connectivity index (χ4v) is 2.22. The van der Waals surface area contributed by atoms with Crippen LogP contribution < -0.4 is 5.32 Å². The van der Waals surface area contributed by atoms with Gasteiger partial charge in [0.2, 0.25) is 0 Å². The van der Waals surface area contributed by atoms with Crippen LogP contribution in [0.25, 0.3) is 0 Å². The average Bonchev–Trinajstić information content (AvgIpc) is 3.07. The highest BCUT2D eigenvalue weighted by Crippen LogP contribution is 2.09. The number of carboxylic acid groups (broad SMARTS) is 1. The van der Waals surface area contributed by atoms with Crippen molar-refractivity contribution in [3.8, 4) is 0 Å². The first-order valence-corrected chi connectivity index (χ1v) is 8.60. The van der Waals surface area contributed by atoms with Crippen LogP contribution in [0.15, 0.2) is 42.9 Å². The number of aromatic nitrogens is 2. The molecule has 28 heavy (non-hydrogen) atoms. The molecule has 0 aliphatic rings. The molecule has 0 spiro atoms. The van der Waals surface area contributed by atoms with Gasteiger partial charge in [0.15, 0.2) is 0 Å². The van der Waals surface area contributed by atoms with Gasteiger partial charge in [0.05, 0.1) is 5.69 Å². The molecule has 0 bridgehead atoms. The molecule has 0 fully saturated rings. The van der Waals surface area contributed by atoms with Crippen molar-refractivity contribution < 1.29 is 29.0 Å². The summed E-state index contributed by atoms with van der Waals surface area (Å²) in [6.45, 7) is 5.12. The molecule has 0 aliphatic carbocycles. The smallest absolute Gasteiger partial charge is 0.419 e. The zero-order chi connectivity index (χ0) is 20.7. The number of amides is 1. The van der Waals surface area contributed by atoms with Crippen molar-refractivity contribution in [2.24, 2.45) is 0 Å². The van der Waals surface area contributed by atoms with Crippen molar-refractivity contribution in [2.75, 3.05) is 0 Å². The number of hydrogen-bond acceptors (Lipinski definition) is 6. The van der Waals surface area contributed by atoms with Crippen molar-refractivity contribution in [2.45, 2.75) is 45.4 Å². The van der Waals surface area contributed by atoms with Crippen LogP contribution in [0.4, 0.5) is 9.59 Å². The highest BCUT2D eigenvalue weighted by molar-refractivity contribution is 5.80. The monoisotopic (exact) mass is 389 g/mol. The minimum Gasteiger partial charge on any atom is -0.480 e. The fourth-order valence-electron chi connectivity index (χ4n) is 2.22. The van der Waals surface area contributed by atoms with Crippen molar-refractivity contribution in [1.29, 1.82) is 0 Å². The highest BCUT2D eigenvalue weighted by atomic mass is 16.6. The minimum absolute atomic E-state index is 0.102. The Morgan fingerprint density at radius 3 is 2.50 bits per heavy atom. The van der Waals surface area contributed by atoms with E-state index in [4.69, 9.17) is 9.47 Å². The first-order valence-electron chi connectivity index (χ1n) is 8.60. The first kappa shape index (κ1) is 20.9. The quantitative estimate of drug-likeness (QED) is 0.779. The second-order valence-corrected chi connectivity index (χ2v) is 7.05. The molecule has 1 aromatic carbocycles. The van der Waals surface area contributed by atoms with Crippen LogP contribution >= 0.6 is 0 Å². The molecule has 0 saturated heterocycles. The molecule has 0 radical (unpaired) electrons. The molecular formula is C19H23N3O6. The number of ether oxygens (including phenoxy) is 2. The molecule has 0 unspecified atom stereocenters. The topological polar surface area (TPSA) is 120 Å². The molecule has 2 aromatic rings. The second-order valence-electron chi connectivity index (χ2n) is 7.05. The Hall–Kier alpha value is -3.36. The van der Waals surface area contributed by atoms with Crippen molar-refractivity contribution in [1.82, 2.24) is 14.9 Å². The van der Waals surface area contributed by atoms with E-state index >= 15 is 0 Å². The summed E-state index contributed by atoms with van der Waals surface area (Å²) in [5, 5.41) is 11.6. The summed E-state index contributed by atoms with van der Waals surface area (Å²) in [5.41, 5.74) is 0.390. The minimum atomic E-state index is -1.25. The molecule has 1 amide bonds. The molecule has 9 nitrogen and oxygen atoms in total. The van der Waals surface area contributed by atoms with Crippen molar-refractivity contribution in [3.63, 3.8) is 0 Å². The molecule has 1 atom stereocenters. The maximum atomic E-state index is 12.1. The van der Waals surface area contributed by atoms with Gasteiger partial charge >= 0.3 is 18.2 Å². The zero-order valence-corrected chi connectivity index (χ0v) is 15.9. The number of carboxylic acids is 1. The van der Waals surface area contributed by atoms with Gasteiger partial charge in [-0.05, 0) is 26.3 Å². The molecule has 0 aliphatic heterocycles. The number of rotatable bonds is 6. The third kappa shape index (κ3) is 6.75. The molecule has 2 N–H and O–H groups in total. The summed E-state index contributed by atoms with van der Waals surface area (Å²) >= 11 is 0. The summed E-state index contributed by atoms with van der Waals surface area (Å²) in [7, 11) is 0. The Balaban J connectivity index is 1.94. The zero-order valence-electron chi connectivity index (χ0n) is 15.9. The van der Waals surface area contributed by atoms with E-state index in [-0.39, 0.29) is 13.0 Å².